The molecule has 2 heterocycles. The lowest BCUT2D eigenvalue weighted by molar-refractivity contribution is 0.258. The molecule has 4 heteroatoms. The van der Waals surface area contributed by atoms with Crippen LogP contribution in [0.5, 0.6) is 0 Å². The number of rotatable bonds is 6. The number of fused-ring (bicyclic) bond motifs is 1. The summed E-state index contributed by atoms with van der Waals surface area (Å²) in [6.45, 7) is 5.22. The van der Waals surface area contributed by atoms with Crippen LogP contribution in [0.25, 0.3) is 0 Å². The summed E-state index contributed by atoms with van der Waals surface area (Å²) in [5.74, 6) is 0.543. The van der Waals surface area contributed by atoms with Gasteiger partial charge in [-0.1, -0.05) is 31.4 Å². The summed E-state index contributed by atoms with van der Waals surface area (Å²) in [5, 5.41) is 0.909. The average molecular weight is 296 g/mol. The van der Waals surface area contributed by atoms with Crippen LogP contribution in [0.1, 0.15) is 39.5 Å². The van der Waals surface area contributed by atoms with Gasteiger partial charge in [-0.05, 0) is 43.9 Å². The van der Waals surface area contributed by atoms with E-state index in [9.17, 15) is 0 Å². The van der Waals surface area contributed by atoms with Crippen LogP contribution < -0.4 is 5.73 Å². The van der Waals surface area contributed by atoms with Crippen molar-refractivity contribution in [1.82, 2.24) is 9.80 Å². The number of nitrogens with zero attached hydrogens (tertiary/aromatic N) is 2. The topological polar surface area (TPSA) is 32.5 Å². The second-order valence-corrected chi connectivity index (χ2v) is 6.35. The van der Waals surface area contributed by atoms with E-state index in [0.717, 1.165) is 18.0 Å². The summed E-state index contributed by atoms with van der Waals surface area (Å²) >= 11 is 6.49. The van der Waals surface area contributed by atoms with Gasteiger partial charge in [0.15, 0.2) is 0 Å². The summed E-state index contributed by atoms with van der Waals surface area (Å²) in [6, 6.07) is 0. The van der Waals surface area contributed by atoms with E-state index in [1.165, 1.54) is 30.5 Å². The van der Waals surface area contributed by atoms with Crippen LogP contribution in [-0.4, -0.2) is 29.6 Å². The van der Waals surface area contributed by atoms with E-state index < -0.39 is 0 Å². The molecule has 2 N–H and O–H groups in total. The zero-order chi connectivity index (χ0) is 14.7. The monoisotopic (exact) mass is 295 g/mol. The molecule has 0 saturated carbocycles. The predicted octanol–water partition coefficient (Wildman–Crippen LogP) is 3.60. The smallest absolute Gasteiger partial charge is 0.142 e. The molecule has 0 aromatic heterocycles. The fraction of sp³-hybridized carbons (Fsp3) is 0.625. The Hall–Kier alpha value is -0.930. The highest BCUT2D eigenvalue weighted by Crippen LogP contribution is 2.36. The van der Waals surface area contributed by atoms with E-state index >= 15 is 0 Å². The number of allylic oxidation sites excluding steroid dienone is 3. The molecule has 0 aliphatic carbocycles. The molecule has 0 amide bonds. The molecule has 0 radical (unpaired) electrons. The van der Waals surface area contributed by atoms with E-state index in [1.807, 2.05) is 0 Å². The lowest BCUT2D eigenvalue weighted by Crippen LogP contribution is -2.37. The first-order valence-electron chi connectivity index (χ1n) is 7.52. The molecule has 2 unspecified atom stereocenters. The van der Waals surface area contributed by atoms with Crippen LogP contribution in [0.15, 0.2) is 34.8 Å². The molecule has 0 spiro atoms. The molecule has 2 aliphatic heterocycles. The van der Waals surface area contributed by atoms with E-state index in [1.54, 1.807) is 0 Å². The van der Waals surface area contributed by atoms with Crippen molar-refractivity contribution < 1.29 is 0 Å². The van der Waals surface area contributed by atoms with Crippen LogP contribution in [0.2, 0.25) is 0 Å². The van der Waals surface area contributed by atoms with Crippen molar-refractivity contribution in [2.75, 3.05) is 13.6 Å². The molecule has 20 heavy (non-hydrogen) atoms. The first kappa shape index (κ1) is 15.5. The molecule has 0 aromatic carbocycles. The Labute approximate surface area is 127 Å². The third-order valence-electron chi connectivity index (χ3n) is 4.20. The Balaban J connectivity index is 2.00. The number of hydrogen-bond donors (Lipinski definition) is 1. The van der Waals surface area contributed by atoms with E-state index in [4.69, 9.17) is 17.3 Å². The molecule has 0 aromatic rings. The van der Waals surface area contributed by atoms with Crippen molar-refractivity contribution in [2.24, 2.45) is 11.7 Å². The molecule has 2 rings (SSSR count). The molecule has 112 valence electrons. The fourth-order valence-electron chi connectivity index (χ4n) is 2.96. The summed E-state index contributed by atoms with van der Waals surface area (Å²) < 4.78 is 0. The van der Waals surface area contributed by atoms with Crippen molar-refractivity contribution in [3.05, 3.63) is 34.8 Å². The summed E-state index contributed by atoms with van der Waals surface area (Å²) in [7, 11) is 2.07. The zero-order valence-corrected chi connectivity index (χ0v) is 13.5. The molecule has 3 nitrogen and oxygen atoms in total. The molecule has 0 saturated heterocycles. The third-order valence-corrected chi connectivity index (χ3v) is 4.50. The largest absolute Gasteiger partial charge is 0.354 e. The average Bonchev–Trinajstić information content (AvgIpc) is 2.70. The Morgan fingerprint density at radius 1 is 1.30 bits per heavy atom. The van der Waals surface area contributed by atoms with Gasteiger partial charge in [0.05, 0.1) is 5.03 Å². The van der Waals surface area contributed by atoms with E-state index in [0.29, 0.717) is 5.92 Å². The first-order valence-corrected chi connectivity index (χ1v) is 7.90. The number of hydrogen-bond acceptors (Lipinski definition) is 3. The summed E-state index contributed by atoms with van der Waals surface area (Å²) in [6.07, 6.45) is 11.5. The van der Waals surface area contributed by atoms with Crippen molar-refractivity contribution in [2.45, 2.75) is 45.7 Å². The lowest BCUT2D eigenvalue weighted by Gasteiger charge is -2.34. The molecular formula is C16H26ClN3. The second-order valence-electron chi connectivity index (χ2n) is 5.91. The van der Waals surface area contributed by atoms with Gasteiger partial charge >= 0.3 is 0 Å². The quantitative estimate of drug-likeness (QED) is 0.760. The van der Waals surface area contributed by atoms with Gasteiger partial charge in [0.2, 0.25) is 0 Å². The maximum atomic E-state index is 6.49. The zero-order valence-electron chi connectivity index (χ0n) is 12.8. The first-order chi connectivity index (χ1) is 9.54. The van der Waals surface area contributed by atoms with Gasteiger partial charge in [-0.25, -0.2) is 0 Å². The van der Waals surface area contributed by atoms with Crippen LogP contribution in [0, 0.1) is 5.92 Å². The van der Waals surface area contributed by atoms with Crippen LogP contribution in [0.4, 0.5) is 0 Å². The van der Waals surface area contributed by atoms with Gasteiger partial charge in [0.1, 0.15) is 6.17 Å². The van der Waals surface area contributed by atoms with Crippen LogP contribution in [-0.2, 0) is 0 Å². The highest BCUT2D eigenvalue weighted by molar-refractivity contribution is 6.30. The van der Waals surface area contributed by atoms with Gasteiger partial charge in [-0.3, -0.25) is 0 Å². The number of halogens is 1. The van der Waals surface area contributed by atoms with Crippen molar-refractivity contribution in [3.8, 4) is 0 Å². The van der Waals surface area contributed by atoms with Crippen molar-refractivity contribution >= 4 is 11.6 Å². The molecule has 2 atom stereocenters. The predicted molar refractivity (Wildman–Crippen MR) is 85.9 cm³/mol. The van der Waals surface area contributed by atoms with Crippen LogP contribution in [0.3, 0.4) is 0 Å². The Morgan fingerprint density at radius 3 is 2.75 bits per heavy atom. The standard InChI is InChI=1S/C16H26ClN3/c1-12(7-5-4-6-8-18)14-9-15(17)16-19(3)10-13(2)20(16)11-14/h9-12,16H,4-8,18H2,1-3H3. The molecule has 0 fully saturated rings. The maximum Gasteiger partial charge on any atom is 0.142 e. The van der Waals surface area contributed by atoms with Crippen LogP contribution >= 0.6 is 11.6 Å². The highest BCUT2D eigenvalue weighted by Gasteiger charge is 2.32. The van der Waals surface area contributed by atoms with E-state index in [-0.39, 0.29) is 6.17 Å². The van der Waals surface area contributed by atoms with Gasteiger partial charge in [0, 0.05) is 25.1 Å². The number of nitrogens with two attached hydrogens (primary N) is 1. The minimum atomic E-state index is 0.157. The summed E-state index contributed by atoms with van der Waals surface area (Å²) in [5.41, 5.74) is 8.12. The van der Waals surface area contributed by atoms with Gasteiger partial charge in [-0.2, -0.15) is 0 Å². The van der Waals surface area contributed by atoms with Crippen molar-refractivity contribution in [3.63, 3.8) is 0 Å². The maximum absolute atomic E-state index is 6.49. The minimum Gasteiger partial charge on any atom is -0.354 e. The van der Waals surface area contributed by atoms with E-state index in [2.05, 4.69) is 49.2 Å². The SMILES string of the molecule is CC1=CN(C)C2C(Cl)=CC(C(C)CCCCCN)=CN12. The van der Waals surface area contributed by atoms with Crippen molar-refractivity contribution in [1.29, 1.82) is 0 Å². The normalized spacial score (nSPS) is 23.2. The Kier molecular flexibility index (Phi) is 5.17. The second kappa shape index (κ2) is 6.68. The highest BCUT2D eigenvalue weighted by atomic mass is 35.5. The Morgan fingerprint density at radius 2 is 2.05 bits per heavy atom. The molecule has 0 bridgehead atoms. The van der Waals surface area contributed by atoms with Gasteiger partial charge < -0.3 is 15.5 Å². The number of unbranched alkanes of at least 4 members (excludes halogenated alkanes) is 2. The summed E-state index contributed by atoms with van der Waals surface area (Å²) in [4.78, 5) is 4.43. The van der Waals surface area contributed by atoms with Gasteiger partial charge in [-0.15, -0.1) is 0 Å². The fourth-order valence-corrected chi connectivity index (χ4v) is 3.35. The number of likely N-dealkylation sites (N-methyl/N-ethyl adjacent to an activating group) is 1. The molecule has 2 aliphatic rings. The van der Waals surface area contributed by atoms with Gasteiger partial charge in [0.25, 0.3) is 0 Å². The minimum absolute atomic E-state index is 0.157. The molecular weight excluding hydrogens is 270 g/mol. The Bertz CT molecular complexity index is 439. The third kappa shape index (κ3) is 3.21. The lowest BCUT2D eigenvalue weighted by atomic mass is 9.93.